The minimum Gasteiger partial charge on any atom is -0.359 e. The number of likely N-dealkylation sites (N-methyl/N-ethyl adjacent to an activating group) is 1. The SMILES string of the molecule is CN1CCc2noc(CN)c2CC1. The van der Waals surface area contributed by atoms with Crippen molar-refractivity contribution in [2.24, 2.45) is 5.73 Å². The third-order valence-electron chi connectivity index (χ3n) is 2.61. The number of rotatable bonds is 1. The Balaban J connectivity index is 2.26. The summed E-state index contributed by atoms with van der Waals surface area (Å²) in [5.41, 5.74) is 7.90. The summed E-state index contributed by atoms with van der Waals surface area (Å²) in [5, 5.41) is 4.04. The Bertz CT molecular complexity index is 295. The predicted octanol–water partition coefficient (Wildman–Crippen LogP) is 0.164. The maximum Gasteiger partial charge on any atom is 0.153 e. The second-order valence-electron chi connectivity index (χ2n) is 3.54. The predicted molar refractivity (Wildman–Crippen MR) is 49.3 cm³/mol. The van der Waals surface area contributed by atoms with Gasteiger partial charge in [0.2, 0.25) is 0 Å². The topological polar surface area (TPSA) is 55.3 Å². The Labute approximate surface area is 77.7 Å². The van der Waals surface area contributed by atoms with E-state index < -0.39 is 0 Å². The van der Waals surface area contributed by atoms with Crippen molar-refractivity contribution in [3.8, 4) is 0 Å². The standard InChI is InChI=1S/C9H15N3O/c1-12-4-2-7-8(3-5-12)11-13-9(7)6-10/h2-6,10H2,1H3. The highest BCUT2D eigenvalue weighted by molar-refractivity contribution is 5.24. The lowest BCUT2D eigenvalue weighted by atomic mass is 10.1. The third kappa shape index (κ3) is 1.59. The Morgan fingerprint density at radius 1 is 1.46 bits per heavy atom. The van der Waals surface area contributed by atoms with Gasteiger partial charge in [0.25, 0.3) is 0 Å². The summed E-state index contributed by atoms with van der Waals surface area (Å²) in [7, 11) is 2.13. The smallest absolute Gasteiger partial charge is 0.153 e. The highest BCUT2D eigenvalue weighted by Gasteiger charge is 2.18. The first-order valence-corrected chi connectivity index (χ1v) is 4.66. The monoisotopic (exact) mass is 181 g/mol. The molecule has 0 aromatic carbocycles. The van der Waals surface area contributed by atoms with E-state index in [9.17, 15) is 0 Å². The molecule has 13 heavy (non-hydrogen) atoms. The summed E-state index contributed by atoms with van der Waals surface area (Å²) in [6, 6.07) is 0. The number of hydrogen-bond donors (Lipinski definition) is 1. The van der Waals surface area contributed by atoms with Gasteiger partial charge < -0.3 is 15.2 Å². The molecule has 2 rings (SSSR count). The zero-order valence-electron chi connectivity index (χ0n) is 7.92. The number of aromatic nitrogens is 1. The molecular weight excluding hydrogens is 166 g/mol. The second-order valence-corrected chi connectivity index (χ2v) is 3.54. The van der Waals surface area contributed by atoms with Gasteiger partial charge in [-0.3, -0.25) is 0 Å². The van der Waals surface area contributed by atoms with Gasteiger partial charge in [-0.15, -0.1) is 0 Å². The van der Waals surface area contributed by atoms with Crippen LogP contribution in [0.3, 0.4) is 0 Å². The van der Waals surface area contributed by atoms with E-state index in [1.54, 1.807) is 0 Å². The Kier molecular flexibility index (Phi) is 2.33. The fourth-order valence-corrected chi connectivity index (χ4v) is 1.73. The van der Waals surface area contributed by atoms with Gasteiger partial charge in [-0.25, -0.2) is 0 Å². The van der Waals surface area contributed by atoms with Crippen LogP contribution in [0.15, 0.2) is 4.52 Å². The minimum atomic E-state index is 0.464. The summed E-state index contributed by atoms with van der Waals surface area (Å²) in [4.78, 5) is 2.31. The van der Waals surface area contributed by atoms with E-state index in [1.165, 1.54) is 5.56 Å². The molecule has 0 aliphatic carbocycles. The summed E-state index contributed by atoms with van der Waals surface area (Å²) in [6.45, 7) is 2.59. The quantitative estimate of drug-likeness (QED) is 0.670. The maximum absolute atomic E-state index is 5.56. The maximum atomic E-state index is 5.56. The van der Waals surface area contributed by atoms with Crippen LogP contribution in [-0.4, -0.2) is 30.2 Å². The molecule has 0 saturated heterocycles. The molecule has 0 bridgehead atoms. The van der Waals surface area contributed by atoms with Gasteiger partial charge >= 0.3 is 0 Å². The summed E-state index contributed by atoms with van der Waals surface area (Å²) in [6.07, 6.45) is 2.00. The molecule has 0 radical (unpaired) electrons. The zero-order chi connectivity index (χ0) is 9.26. The van der Waals surface area contributed by atoms with E-state index in [-0.39, 0.29) is 0 Å². The largest absolute Gasteiger partial charge is 0.359 e. The van der Waals surface area contributed by atoms with Crippen LogP contribution < -0.4 is 5.73 Å². The van der Waals surface area contributed by atoms with Crippen molar-refractivity contribution in [3.05, 3.63) is 17.0 Å². The van der Waals surface area contributed by atoms with E-state index in [4.69, 9.17) is 10.3 Å². The fraction of sp³-hybridized carbons (Fsp3) is 0.667. The van der Waals surface area contributed by atoms with Crippen molar-refractivity contribution in [1.82, 2.24) is 10.1 Å². The van der Waals surface area contributed by atoms with Crippen LogP contribution in [0.1, 0.15) is 17.0 Å². The molecule has 4 heteroatoms. The van der Waals surface area contributed by atoms with Crippen molar-refractivity contribution in [2.45, 2.75) is 19.4 Å². The molecule has 1 aromatic heterocycles. The van der Waals surface area contributed by atoms with E-state index in [0.29, 0.717) is 6.54 Å². The molecule has 2 heterocycles. The molecule has 0 atom stereocenters. The average molecular weight is 181 g/mol. The molecule has 1 aliphatic heterocycles. The van der Waals surface area contributed by atoms with E-state index in [2.05, 4.69) is 17.1 Å². The zero-order valence-corrected chi connectivity index (χ0v) is 7.92. The van der Waals surface area contributed by atoms with Crippen molar-refractivity contribution in [2.75, 3.05) is 20.1 Å². The lowest BCUT2D eigenvalue weighted by Crippen LogP contribution is -2.21. The van der Waals surface area contributed by atoms with Crippen LogP contribution in [-0.2, 0) is 19.4 Å². The van der Waals surface area contributed by atoms with Gasteiger partial charge in [0.1, 0.15) is 0 Å². The van der Waals surface area contributed by atoms with Gasteiger partial charge in [0.05, 0.1) is 12.2 Å². The van der Waals surface area contributed by atoms with Gasteiger partial charge in [-0.05, 0) is 13.5 Å². The molecular formula is C9H15N3O. The lowest BCUT2D eigenvalue weighted by Gasteiger charge is -2.11. The number of fused-ring (bicyclic) bond motifs is 1. The molecule has 4 nitrogen and oxygen atoms in total. The first-order valence-electron chi connectivity index (χ1n) is 4.66. The molecule has 1 aliphatic rings. The van der Waals surface area contributed by atoms with E-state index >= 15 is 0 Å². The minimum absolute atomic E-state index is 0.464. The highest BCUT2D eigenvalue weighted by Crippen LogP contribution is 2.18. The van der Waals surface area contributed by atoms with Crippen molar-refractivity contribution < 1.29 is 4.52 Å². The van der Waals surface area contributed by atoms with Gasteiger partial charge in [-0.2, -0.15) is 0 Å². The summed E-state index contributed by atoms with van der Waals surface area (Å²) < 4.78 is 5.16. The van der Waals surface area contributed by atoms with Gasteiger partial charge in [0, 0.05) is 25.1 Å². The van der Waals surface area contributed by atoms with Crippen LogP contribution in [0, 0.1) is 0 Å². The molecule has 0 amide bonds. The normalized spacial score (nSPS) is 18.3. The van der Waals surface area contributed by atoms with Crippen molar-refractivity contribution in [1.29, 1.82) is 0 Å². The second kappa shape index (κ2) is 3.47. The highest BCUT2D eigenvalue weighted by atomic mass is 16.5. The van der Waals surface area contributed by atoms with E-state index in [0.717, 1.165) is 37.4 Å². The first kappa shape index (κ1) is 8.72. The first-order chi connectivity index (χ1) is 6.31. The van der Waals surface area contributed by atoms with Crippen LogP contribution in [0.4, 0.5) is 0 Å². The van der Waals surface area contributed by atoms with E-state index in [1.807, 2.05) is 0 Å². The van der Waals surface area contributed by atoms with Crippen molar-refractivity contribution in [3.63, 3.8) is 0 Å². The average Bonchev–Trinajstić information content (AvgIpc) is 2.45. The molecule has 2 N–H and O–H groups in total. The Hall–Kier alpha value is -0.870. The van der Waals surface area contributed by atoms with Crippen LogP contribution in [0.2, 0.25) is 0 Å². The van der Waals surface area contributed by atoms with Crippen LogP contribution in [0.25, 0.3) is 0 Å². The molecule has 0 spiro atoms. The lowest BCUT2D eigenvalue weighted by molar-refractivity contribution is 0.334. The number of nitrogens with two attached hydrogens (primary N) is 1. The molecule has 72 valence electrons. The molecule has 0 unspecified atom stereocenters. The summed E-state index contributed by atoms with van der Waals surface area (Å²) in [5.74, 6) is 0.866. The molecule has 0 saturated carbocycles. The van der Waals surface area contributed by atoms with Gasteiger partial charge in [-0.1, -0.05) is 5.16 Å². The van der Waals surface area contributed by atoms with Crippen molar-refractivity contribution >= 4 is 0 Å². The van der Waals surface area contributed by atoms with Crippen LogP contribution >= 0.6 is 0 Å². The third-order valence-corrected chi connectivity index (χ3v) is 2.61. The van der Waals surface area contributed by atoms with Gasteiger partial charge in [0.15, 0.2) is 5.76 Å². The fourth-order valence-electron chi connectivity index (χ4n) is 1.73. The number of hydrogen-bond acceptors (Lipinski definition) is 4. The Morgan fingerprint density at radius 3 is 3.00 bits per heavy atom. The molecule has 1 aromatic rings. The Morgan fingerprint density at radius 2 is 2.23 bits per heavy atom. The molecule has 0 fully saturated rings. The van der Waals surface area contributed by atoms with Crippen LogP contribution in [0.5, 0.6) is 0 Å². The summed E-state index contributed by atoms with van der Waals surface area (Å²) >= 11 is 0. The number of nitrogens with zero attached hydrogens (tertiary/aromatic N) is 2.